The van der Waals surface area contributed by atoms with E-state index in [9.17, 15) is 0 Å². The lowest BCUT2D eigenvalue weighted by atomic mass is 10.1. The molecule has 3 aromatic carbocycles. The summed E-state index contributed by atoms with van der Waals surface area (Å²) in [6.07, 6.45) is 0. The highest BCUT2D eigenvalue weighted by atomic mass is 79.9. The number of para-hydroxylation sites is 1. The highest BCUT2D eigenvalue weighted by Crippen LogP contribution is 2.37. The van der Waals surface area contributed by atoms with Crippen LogP contribution < -0.4 is 14.8 Å². The van der Waals surface area contributed by atoms with Crippen molar-refractivity contribution in [1.29, 1.82) is 0 Å². The standard InChI is InChI=1S/C24H22BrCl2N5O2S/c1-33-22-10-9-20(25)19(23(22)34-15-16-7-8-17(26)13-21(16)27)14-28-11-12-35-24-29-30-31-32(24)18-5-3-2-4-6-18/h2-10,13,28H,11-12,14-15H2,1H3. The van der Waals surface area contributed by atoms with Crippen LogP contribution in [0.2, 0.25) is 10.0 Å². The zero-order chi connectivity index (χ0) is 24.6. The van der Waals surface area contributed by atoms with E-state index < -0.39 is 0 Å². The molecule has 0 radical (unpaired) electrons. The van der Waals surface area contributed by atoms with Crippen molar-refractivity contribution in [3.8, 4) is 17.2 Å². The van der Waals surface area contributed by atoms with E-state index in [1.54, 1.807) is 35.7 Å². The quantitative estimate of drug-likeness (QED) is 0.164. The Morgan fingerprint density at radius 3 is 2.69 bits per heavy atom. The molecule has 0 aliphatic carbocycles. The molecular weight excluding hydrogens is 573 g/mol. The molecule has 11 heteroatoms. The summed E-state index contributed by atoms with van der Waals surface area (Å²) in [6.45, 7) is 1.60. The molecule has 0 saturated carbocycles. The number of nitrogens with one attached hydrogen (secondary N) is 1. The lowest BCUT2D eigenvalue weighted by molar-refractivity contribution is 0.280. The maximum Gasteiger partial charge on any atom is 0.214 e. The second kappa shape index (κ2) is 12.6. The van der Waals surface area contributed by atoms with Crippen LogP contribution in [0.3, 0.4) is 0 Å². The Morgan fingerprint density at radius 1 is 1.09 bits per heavy atom. The minimum Gasteiger partial charge on any atom is -0.493 e. The van der Waals surface area contributed by atoms with Crippen LogP contribution in [0.15, 0.2) is 70.3 Å². The maximum atomic E-state index is 6.32. The zero-order valence-electron chi connectivity index (χ0n) is 18.7. The van der Waals surface area contributed by atoms with Crippen LogP contribution in [-0.4, -0.2) is 39.6 Å². The van der Waals surface area contributed by atoms with Crippen molar-refractivity contribution >= 4 is 50.9 Å². The van der Waals surface area contributed by atoms with Gasteiger partial charge >= 0.3 is 0 Å². The first-order valence-electron chi connectivity index (χ1n) is 10.7. The molecule has 0 amide bonds. The van der Waals surface area contributed by atoms with Crippen molar-refractivity contribution in [1.82, 2.24) is 25.5 Å². The molecule has 7 nitrogen and oxygen atoms in total. The van der Waals surface area contributed by atoms with Crippen molar-refractivity contribution in [3.05, 3.63) is 86.3 Å². The van der Waals surface area contributed by atoms with Crippen molar-refractivity contribution in [2.45, 2.75) is 18.3 Å². The SMILES string of the molecule is COc1ccc(Br)c(CNCCSc2nnnn2-c2ccccc2)c1OCc1ccc(Cl)cc1Cl. The summed E-state index contributed by atoms with van der Waals surface area (Å²) < 4.78 is 14.4. The Bertz CT molecular complexity index is 1280. The van der Waals surface area contributed by atoms with E-state index in [-0.39, 0.29) is 6.61 Å². The van der Waals surface area contributed by atoms with Gasteiger partial charge in [0.1, 0.15) is 6.61 Å². The van der Waals surface area contributed by atoms with Crippen molar-refractivity contribution in [2.75, 3.05) is 19.4 Å². The lowest BCUT2D eigenvalue weighted by Gasteiger charge is -2.17. The van der Waals surface area contributed by atoms with Crippen molar-refractivity contribution in [2.24, 2.45) is 0 Å². The summed E-state index contributed by atoms with van der Waals surface area (Å²) in [5.41, 5.74) is 2.72. The van der Waals surface area contributed by atoms with Crippen molar-refractivity contribution < 1.29 is 9.47 Å². The number of halogens is 3. The molecule has 0 aliphatic heterocycles. The fourth-order valence-corrected chi connectivity index (χ4v) is 4.99. The van der Waals surface area contributed by atoms with E-state index in [4.69, 9.17) is 32.7 Å². The van der Waals surface area contributed by atoms with Crippen LogP contribution in [0.25, 0.3) is 5.69 Å². The number of thioether (sulfide) groups is 1. The predicted molar refractivity (Wildman–Crippen MR) is 143 cm³/mol. The summed E-state index contributed by atoms with van der Waals surface area (Å²) in [6, 6.07) is 19.0. The monoisotopic (exact) mass is 593 g/mol. The van der Waals surface area contributed by atoms with Gasteiger partial charge in [0.2, 0.25) is 5.16 Å². The average Bonchev–Trinajstić information content (AvgIpc) is 3.33. The Morgan fingerprint density at radius 2 is 1.91 bits per heavy atom. The summed E-state index contributed by atoms with van der Waals surface area (Å²) >= 11 is 17.5. The van der Waals surface area contributed by atoms with Gasteiger partial charge in [-0.2, -0.15) is 4.68 Å². The predicted octanol–water partition coefficient (Wildman–Crippen LogP) is 6.20. The minimum absolute atomic E-state index is 0.286. The summed E-state index contributed by atoms with van der Waals surface area (Å²) in [5.74, 6) is 2.08. The van der Waals surface area contributed by atoms with Gasteiger partial charge in [-0.1, -0.05) is 75.2 Å². The molecule has 1 N–H and O–H groups in total. The first kappa shape index (κ1) is 25.8. The minimum atomic E-state index is 0.286. The number of methoxy groups -OCH3 is 1. The number of nitrogens with zero attached hydrogens (tertiary/aromatic N) is 4. The molecule has 0 unspecified atom stereocenters. The molecule has 0 aliphatic rings. The maximum absolute atomic E-state index is 6.32. The second-order valence-corrected chi connectivity index (χ2v) is 10.1. The van der Waals surface area contributed by atoms with E-state index >= 15 is 0 Å². The number of benzene rings is 3. The molecule has 4 aromatic rings. The van der Waals surface area contributed by atoms with Gasteiger partial charge in [-0.15, -0.1) is 5.10 Å². The Labute approximate surface area is 226 Å². The highest BCUT2D eigenvalue weighted by molar-refractivity contribution is 9.10. The normalized spacial score (nSPS) is 11.0. The van der Waals surface area contributed by atoms with E-state index in [0.717, 1.165) is 38.7 Å². The van der Waals surface area contributed by atoms with E-state index in [0.29, 0.717) is 28.1 Å². The Hall–Kier alpha value is -2.30. The van der Waals surface area contributed by atoms with Gasteiger partial charge in [0.15, 0.2) is 11.5 Å². The van der Waals surface area contributed by atoms with Crippen LogP contribution in [0.4, 0.5) is 0 Å². The van der Waals surface area contributed by atoms with Crippen LogP contribution in [0.1, 0.15) is 11.1 Å². The van der Waals surface area contributed by atoms with E-state index in [2.05, 4.69) is 36.8 Å². The van der Waals surface area contributed by atoms with E-state index in [1.165, 1.54) is 0 Å². The zero-order valence-corrected chi connectivity index (χ0v) is 22.7. The largest absolute Gasteiger partial charge is 0.493 e. The number of hydrogen-bond donors (Lipinski definition) is 1. The lowest BCUT2D eigenvalue weighted by Crippen LogP contribution is -2.18. The molecule has 1 aromatic heterocycles. The van der Waals surface area contributed by atoms with Gasteiger partial charge in [0.25, 0.3) is 0 Å². The average molecular weight is 595 g/mol. The van der Waals surface area contributed by atoms with Gasteiger partial charge in [-0.25, -0.2) is 0 Å². The summed E-state index contributed by atoms with van der Waals surface area (Å²) in [4.78, 5) is 0. The molecule has 0 bridgehead atoms. The first-order chi connectivity index (χ1) is 17.1. The summed E-state index contributed by atoms with van der Waals surface area (Å²) in [5, 5.41) is 17.4. The number of hydrogen-bond acceptors (Lipinski definition) is 7. The third kappa shape index (κ3) is 6.68. The molecule has 0 spiro atoms. The van der Waals surface area contributed by atoms with Crippen LogP contribution in [-0.2, 0) is 13.2 Å². The molecule has 1 heterocycles. The van der Waals surface area contributed by atoms with Crippen LogP contribution in [0, 0.1) is 0 Å². The molecule has 0 atom stereocenters. The second-order valence-electron chi connectivity index (χ2n) is 7.32. The fourth-order valence-electron chi connectivity index (χ4n) is 3.28. The highest BCUT2D eigenvalue weighted by Gasteiger charge is 2.16. The number of rotatable bonds is 11. The third-order valence-electron chi connectivity index (χ3n) is 5.03. The third-order valence-corrected chi connectivity index (χ3v) is 7.28. The van der Waals surface area contributed by atoms with Gasteiger partial charge in [0.05, 0.1) is 12.8 Å². The smallest absolute Gasteiger partial charge is 0.214 e. The molecule has 182 valence electrons. The Balaban J connectivity index is 1.37. The van der Waals surface area contributed by atoms with Crippen LogP contribution in [0.5, 0.6) is 11.5 Å². The molecule has 0 saturated heterocycles. The number of ether oxygens (including phenoxy) is 2. The van der Waals surface area contributed by atoms with Gasteiger partial charge in [-0.05, 0) is 46.8 Å². The topological polar surface area (TPSA) is 74.1 Å². The fraction of sp³-hybridized carbons (Fsp3) is 0.208. The molecule has 0 fully saturated rings. The van der Waals surface area contributed by atoms with Crippen LogP contribution >= 0.6 is 50.9 Å². The van der Waals surface area contributed by atoms with Gasteiger partial charge < -0.3 is 14.8 Å². The van der Waals surface area contributed by atoms with Gasteiger partial charge in [-0.3, -0.25) is 0 Å². The molecular formula is C24H22BrCl2N5O2S. The Kier molecular flexibility index (Phi) is 9.28. The van der Waals surface area contributed by atoms with Gasteiger partial charge in [0, 0.05) is 44.5 Å². The van der Waals surface area contributed by atoms with Crippen molar-refractivity contribution in [3.63, 3.8) is 0 Å². The molecule has 4 rings (SSSR count). The molecule has 35 heavy (non-hydrogen) atoms. The first-order valence-corrected chi connectivity index (χ1v) is 13.2. The number of tetrazole rings is 1. The number of aromatic nitrogens is 4. The van der Waals surface area contributed by atoms with E-state index in [1.807, 2.05) is 48.5 Å². The summed E-state index contributed by atoms with van der Waals surface area (Å²) in [7, 11) is 1.62.